The van der Waals surface area contributed by atoms with E-state index in [0.29, 0.717) is 6.54 Å². The highest BCUT2D eigenvalue weighted by molar-refractivity contribution is 7.89. The van der Waals surface area contributed by atoms with Crippen molar-refractivity contribution >= 4 is 27.5 Å². The number of halogens is 2. The molecule has 2 N–H and O–H groups in total. The van der Waals surface area contributed by atoms with Crippen molar-refractivity contribution in [3.63, 3.8) is 0 Å². The zero-order valence-electron chi connectivity index (χ0n) is 11.9. The predicted molar refractivity (Wildman–Crippen MR) is 79.3 cm³/mol. The molecule has 0 aliphatic carbocycles. The fourth-order valence-electron chi connectivity index (χ4n) is 1.82. The summed E-state index contributed by atoms with van der Waals surface area (Å²) < 4.78 is 36.6. The number of rotatable bonds is 6. The van der Waals surface area contributed by atoms with Crippen molar-refractivity contribution in [2.45, 2.75) is 31.1 Å². The van der Waals surface area contributed by atoms with E-state index in [1.807, 2.05) is 6.92 Å². The van der Waals surface area contributed by atoms with Gasteiger partial charge in [0.05, 0.1) is 10.6 Å². The van der Waals surface area contributed by atoms with Gasteiger partial charge in [0.2, 0.25) is 10.0 Å². The topological polar surface area (TPSA) is 80.5 Å². The third-order valence-corrected chi connectivity index (χ3v) is 4.38. The van der Waals surface area contributed by atoms with Crippen LogP contribution in [0.25, 0.3) is 0 Å². The maximum atomic E-state index is 13.9. The van der Waals surface area contributed by atoms with Crippen LogP contribution in [-0.2, 0) is 10.0 Å². The predicted octanol–water partition coefficient (Wildman–Crippen LogP) is 2.39. The number of carbonyl (C=O) groups excluding carboxylic acids is 1. The highest BCUT2D eigenvalue weighted by Gasteiger charge is 2.22. The van der Waals surface area contributed by atoms with Crippen molar-refractivity contribution in [2.75, 3.05) is 13.6 Å². The SMILES string of the molecule is CCCCCN(C)C(=O)c1cc(S(N)(=O)=O)c(Cl)cc1F. The van der Waals surface area contributed by atoms with E-state index < -0.39 is 26.6 Å². The molecule has 1 aromatic rings. The highest BCUT2D eigenvalue weighted by Crippen LogP contribution is 2.25. The summed E-state index contributed by atoms with van der Waals surface area (Å²) in [5.41, 5.74) is -0.359. The van der Waals surface area contributed by atoms with Crippen LogP contribution in [0.3, 0.4) is 0 Å². The Hall–Kier alpha value is -1.18. The third-order valence-electron chi connectivity index (χ3n) is 3.00. The van der Waals surface area contributed by atoms with E-state index in [4.69, 9.17) is 16.7 Å². The molecular weight excluding hydrogens is 319 g/mol. The second kappa shape index (κ2) is 7.20. The van der Waals surface area contributed by atoms with Crippen LogP contribution >= 0.6 is 11.6 Å². The molecule has 0 fully saturated rings. The molecule has 0 saturated heterocycles. The lowest BCUT2D eigenvalue weighted by Crippen LogP contribution is -2.29. The number of hydrogen-bond acceptors (Lipinski definition) is 3. The average Bonchev–Trinajstić information content (AvgIpc) is 2.36. The van der Waals surface area contributed by atoms with Gasteiger partial charge >= 0.3 is 0 Å². The van der Waals surface area contributed by atoms with E-state index in [2.05, 4.69) is 0 Å². The fraction of sp³-hybridized carbons (Fsp3) is 0.462. The van der Waals surface area contributed by atoms with E-state index in [9.17, 15) is 17.6 Å². The lowest BCUT2D eigenvalue weighted by atomic mass is 10.1. The summed E-state index contributed by atoms with van der Waals surface area (Å²) in [6.07, 6.45) is 2.73. The van der Waals surface area contributed by atoms with Crippen LogP contribution in [0.15, 0.2) is 17.0 Å². The highest BCUT2D eigenvalue weighted by atomic mass is 35.5. The molecule has 21 heavy (non-hydrogen) atoms. The summed E-state index contributed by atoms with van der Waals surface area (Å²) in [5.74, 6) is -1.48. The monoisotopic (exact) mass is 336 g/mol. The van der Waals surface area contributed by atoms with Gasteiger partial charge in [-0.2, -0.15) is 0 Å². The lowest BCUT2D eigenvalue weighted by molar-refractivity contribution is 0.0788. The molecule has 0 unspecified atom stereocenters. The Morgan fingerprint density at radius 1 is 1.38 bits per heavy atom. The van der Waals surface area contributed by atoms with Crippen LogP contribution in [0.2, 0.25) is 5.02 Å². The second-order valence-electron chi connectivity index (χ2n) is 4.74. The molecule has 0 bridgehead atoms. The molecule has 0 atom stereocenters. The van der Waals surface area contributed by atoms with Gasteiger partial charge in [-0.1, -0.05) is 31.4 Å². The molecule has 0 heterocycles. The Morgan fingerprint density at radius 2 is 2.00 bits per heavy atom. The van der Waals surface area contributed by atoms with Crippen molar-refractivity contribution in [2.24, 2.45) is 5.14 Å². The van der Waals surface area contributed by atoms with Crippen molar-refractivity contribution in [3.8, 4) is 0 Å². The minimum absolute atomic E-state index is 0.347. The van der Waals surface area contributed by atoms with E-state index in [-0.39, 0.29) is 10.6 Å². The first-order valence-electron chi connectivity index (χ1n) is 6.45. The van der Waals surface area contributed by atoms with Crippen LogP contribution in [0, 0.1) is 5.82 Å². The first-order chi connectivity index (χ1) is 9.68. The Bertz CT molecular complexity index is 635. The van der Waals surface area contributed by atoms with Crippen LogP contribution in [0.4, 0.5) is 4.39 Å². The lowest BCUT2D eigenvalue weighted by Gasteiger charge is -2.18. The molecular formula is C13H18ClFN2O3S. The number of carbonyl (C=O) groups is 1. The van der Waals surface area contributed by atoms with Crippen LogP contribution in [-0.4, -0.2) is 32.8 Å². The molecule has 1 aromatic carbocycles. The van der Waals surface area contributed by atoms with Gasteiger partial charge in [-0.25, -0.2) is 17.9 Å². The van der Waals surface area contributed by atoms with Gasteiger partial charge in [-0.3, -0.25) is 4.79 Å². The zero-order valence-corrected chi connectivity index (χ0v) is 13.5. The second-order valence-corrected chi connectivity index (χ2v) is 6.68. The molecule has 8 heteroatoms. The van der Waals surface area contributed by atoms with Crippen LogP contribution < -0.4 is 5.14 Å². The van der Waals surface area contributed by atoms with Gasteiger partial charge < -0.3 is 4.90 Å². The molecule has 1 amide bonds. The maximum Gasteiger partial charge on any atom is 0.256 e. The first-order valence-corrected chi connectivity index (χ1v) is 8.38. The molecule has 0 radical (unpaired) electrons. The summed E-state index contributed by atoms with van der Waals surface area (Å²) in [6, 6.07) is 1.67. The summed E-state index contributed by atoms with van der Waals surface area (Å²) in [4.78, 5) is 13.0. The molecule has 0 aromatic heterocycles. The van der Waals surface area contributed by atoms with Gasteiger partial charge in [-0.15, -0.1) is 0 Å². The van der Waals surface area contributed by atoms with E-state index in [1.54, 1.807) is 0 Å². The maximum absolute atomic E-state index is 13.9. The van der Waals surface area contributed by atoms with Crippen molar-refractivity contribution in [1.82, 2.24) is 4.90 Å². The minimum Gasteiger partial charge on any atom is -0.342 e. The van der Waals surface area contributed by atoms with Crippen LogP contribution in [0.1, 0.15) is 36.5 Å². The van der Waals surface area contributed by atoms with Gasteiger partial charge in [0, 0.05) is 13.6 Å². The van der Waals surface area contributed by atoms with E-state index in [1.165, 1.54) is 11.9 Å². The smallest absolute Gasteiger partial charge is 0.256 e. The molecule has 118 valence electrons. The molecule has 1 rings (SSSR count). The Kier molecular flexibility index (Phi) is 6.12. The van der Waals surface area contributed by atoms with Crippen molar-refractivity contribution in [3.05, 3.63) is 28.5 Å². The Morgan fingerprint density at radius 3 is 2.52 bits per heavy atom. The molecule has 5 nitrogen and oxygen atoms in total. The minimum atomic E-state index is -4.12. The van der Waals surface area contributed by atoms with Gasteiger partial charge in [-0.05, 0) is 18.6 Å². The molecule has 0 saturated carbocycles. The summed E-state index contributed by atoms with van der Waals surface area (Å²) in [5, 5.41) is 4.64. The number of benzene rings is 1. The number of nitrogens with two attached hydrogens (primary N) is 1. The van der Waals surface area contributed by atoms with Gasteiger partial charge in [0.1, 0.15) is 10.7 Å². The number of primary sulfonamides is 1. The molecule has 0 spiro atoms. The van der Waals surface area contributed by atoms with Gasteiger partial charge in [0.15, 0.2) is 0 Å². The quantitative estimate of drug-likeness (QED) is 0.810. The van der Waals surface area contributed by atoms with Crippen LogP contribution in [0.5, 0.6) is 0 Å². The summed E-state index contributed by atoms with van der Waals surface area (Å²) in [7, 11) is -2.59. The largest absolute Gasteiger partial charge is 0.342 e. The van der Waals surface area contributed by atoms with Gasteiger partial charge in [0.25, 0.3) is 5.91 Å². The standard InChI is InChI=1S/C13H18ClFN2O3S/c1-3-4-5-6-17(2)13(18)9-7-12(21(16,19)20)10(14)8-11(9)15/h7-8H,3-6H2,1-2H3,(H2,16,19,20). The number of amides is 1. The Labute approximate surface area is 128 Å². The van der Waals surface area contributed by atoms with Crippen molar-refractivity contribution in [1.29, 1.82) is 0 Å². The number of unbranched alkanes of at least 4 members (excludes halogenated alkanes) is 2. The fourth-order valence-corrected chi connectivity index (χ4v) is 2.90. The average molecular weight is 337 g/mol. The number of sulfonamides is 1. The zero-order chi connectivity index (χ0) is 16.2. The van der Waals surface area contributed by atoms with Crippen molar-refractivity contribution < 1.29 is 17.6 Å². The first kappa shape index (κ1) is 17.9. The summed E-state index contributed by atoms with van der Waals surface area (Å²) >= 11 is 5.65. The van der Waals surface area contributed by atoms with E-state index in [0.717, 1.165) is 31.4 Å². The normalized spacial score (nSPS) is 11.5. The molecule has 0 aliphatic rings. The molecule has 0 aliphatic heterocycles. The number of nitrogens with zero attached hydrogens (tertiary/aromatic N) is 1. The summed E-state index contributed by atoms with van der Waals surface area (Å²) in [6.45, 7) is 2.48. The number of hydrogen-bond donors (Lipinski definition) is 1. The van der Waals surface area contributed by atoms with E-state index >= 15 is 0 Å². The third kappa shape index (κ3) is 4.66. The Balaban J connectivity index is 3.10.